The van der Waals surface area contributed by atoms with E-state index in [0.29, 0.717) is 16.5 Å². The fourth-order valence-electron chi connectivity index (χ4n) is 1.94. The number of hydrogen-bond acceptors (Lipinski definition) is 5. The molecule has 9 heteroatoms. The van der Waals surface area contributed by atoms with E-state index < -0.39 is 34.4 Å². The van der Waals surface area contributed by atoms with Crippen molar-refractivity contribution in [2.45, 2.75) is 32.2 Å². The van der Waals surface area contributed by atoms with Crippen LogP contribution in [0.15, 0.2) is 30.3 Å². The van der Waals surface area contributed by atoms with Gasteiger partial charge >= 0.3 is 11.9 Å². The van der Waals surface area contributed by atoms with Gasteiger partial charge in [0.1, 0.15) is 6.04 Å². The number of nitrogens with one attached hydrogen (secondary N) is 1. The molecule has 0 aliphatic rings. The number of anilines is 1. The number of carboxylic acids is 2. The fraction of sp³-hybridized carbons (Fsp3) is 0.429. The van der Waals surface area contributed by atoms with Crippen LogP contribution in [-0.2, 0) is 19.6 Å². The normalized spacial score (nSPS) is 12.8. The van der Waals surface area contributed by atoms with E-state index in [1.807, 2.05) is 0 Å². The molecule has 3 N–H and O–H groups in total. The summed E-state index contributed by atoms with van der Waals surface area (Å²) in [6.45, 7) is 1.66. The van der Waals surface area contributed by atoms with Crippen LogP contribution in [0.5, 0.6) is 0 Å². The molecule has 0 saturated heterocycles. The van der Waals surface area contributed by atoms with Crippen molar-refractivity contribution in [3.63, 3.8) is 0 Å². The first-order valence-corrected chi connectivity index (χ1v) is 8.67. The second-order valence-corrected chi connectivity index (χ2v) is 6.84. The average molecular weight is 344 g/mol. The Balaban J connectivity index is 3.14. The van der Waals surface area contributed by atoms with Gasteiger partial charge in [-0.1, -0.05) is 25.1 Å². The molecule has 1 atom stereocenters. The van der Waals surface area contributed by atoms with Gasteiger partial charge in [0.15, 0.2) is 0 Å². The number of sulfonamides is 1. The highest BCUT2D eigenvalue weighted by molar-refractivity contribution is 7.89. The smallest absolute Gasteiger partial charge is 0.324 e. The van der Waals surface area contributed by atoms with Crippen molar-refractivity contribution in [2.75, 3.05) is 11.2 Å². The summed E-state index contributed by atoms with van der Waals surface area (Å²) in [4.78, 5) is 22.2. The Morgan fingerprint density at radius 3 is 2.30 bits per heavy atom. The Hall–Kier alpha value is -2.13. The molecule has 0 radical (unpaired) electrons. The number of para-hydroxylation sites is 1. The van der Waals surface area contributed by atoms with Gasteiger partial charge in [-0.05, 0) is 25.0 Å². The van der Waals surface area contributed by atoms with Crippen LogP contribution in [0.3, 0.4) is 0 Å². The van der Waals surface area contributed by atoms with E-state index in [9.17, 15) is 23.1 Å². The van der Waals surface area contributed by atoms with Crippen LogP contribution >= 0.6 is 0 Å². The van der Waals surface area contributed by atoms with Crippen molar-refractivity contribution in [2.24, 2.45) is 0 Å². The number of nitrogens with zero attached hydrogens (tertiary/aromatic N) is 1. The zero-order valence-corrected chi connectivity index (χ0v) is 13.5. The lowest BCUT2D eigenvalue weighted by Gasteiger charge is -2.29. The fourth-order valence-corrected chi connectivity index (χ4v) is 3.48. The number of carboxylic acid groups (broad SMARTS) is 2. The maximum absolute atomic E-state index is 12.4. The molecule has 0 fully saturated rings. The van der Waals surface area contributed by atoms with E-state index in [2.05, 4.69) is 5.43 Å². The van der Waals surface area contributed by atoms with E-state index in [1.165, 1.54) is 0 Å². The van der Waals surface area contributed by atoms with Crippen molar-refractivity contribution >= 4 is 27.6 Å². The molecule has 0 aliphatic heterocycles. The summed E-state index contributed by atoms with van der Waals surface area (Å²) < 4.78 is 25.4. The summed E-state index contributed by atoms with van der Waals surface area (Å²) in [5.74, 6) is -2.85. The predicted molar refractivity (Wildman–Crippen MR) is 84.3 cm³/mol. The van der Waals surface area contributed by atoms with Gasteiger partial charge < -0.3 is 15.6 Å². The Morgan fingerprint density at radius 1 is 1.22 bits per heavy atom. The lowest BCUT2D eigenvalue weighted by Crippen LogP contribution is -2.49. The highest BCUT2D eigenvalue weighted by Crippen LogP contribution is 2.17. The van der Waals surface area contributed by atoms with Crippen LogP contribution in [0.2, 0.25) is 0 Å². The Morgan fingerprint density at radius 2 is 1.83 bits per heavy atom. The maximum Gasteiger partial charge on any atom is 0.324 e. The first-order valence-electron chi connectivity index (χ1n) is 7.06. The Bertz CT molecular complexity index is 632. The highest BCUT2D eigenvalue weighted by atomic mass is 32.2. The maximum atomic E-state index is 12.4. The first-order chi connectivity index (χ1) is 10.8. The zero-order valence-electron chi connectivity index (χ0n) is 12.7. The van der Waals surface area contributed by atoms with Crippen LogP contribution in [0.4, 0.5) is 5.69 Å². The molecule has 23 heavy (non-hydrogen) atoms. The van der Waals surface area contributed by atoms with Crippen molar-refractivity contribution < 1.29 is 28.2 Å². The number of benzene rings is 1. The van der Waals surface area contributed by atoms with Crippen LogP contribution in [0, 0.1) is 0 Å². The quantitative estimate of drug-likeness (QED) is 0.548. The summed E-state index contributed by atoms with van der Waals surface area (Å²) >= 11 is 0. The monoisotopic (exact) mass is 344 g/mol. The standard InChI is InChI=1S/C14H20N2O6S/c1-2-10-23(21,22)16(15-11-6-4-3-5-7-11)12(14(19)20)8-9-13(17)18/h3-7,12,15H,2,8-10H2,1H3,(H,17,18)(H,19,20). The largest absolute Gasteiger partial charge is 0.481 e. The summed E-state index contributed by atoms with van der Waals surface area (Å²) in [6.07, 6.45) is -0.487. The predicted octanol–water partition coefficient (Wildman–Crippen LogP) is 1.37. The van der Waals surface area contributed by atoms with Crippen LogP contribution < -0.4 is 5.43 Å². The van der Waals surface area contributed by atoms with Gasteiger partial charge in [-0.15, -0.1) is 4.41 Å². The Kier molecular flexibility index (Phi) is 6.98. The van der Waals surface area contributed by atoms with Gasteiger partial charge in [-0.3, -0.25) is 9.59 Å². The van der Waals surface area contributed by atoms with E-state index in [1.54, 1.807) is 37.3 Å². The SMILES string of the molecule is CCCS(=O)(=O)N(Nc1ccccc1)C(CCC(=O)O)C(=O)O. The molecule has 1 rings (SSSR count). The van der Waals surface area contributed by atoms with Crippen molar-refractivity contribution in [1.29, 1.82) is 0 Å². The van der Waals surface area contributed by atoms with Crippen LogP contribution in [-0.4, -0.2) is 46.8 Å². The van der Waals surface area contributed by atoms with Gasteiger partial charge in [0.25, 0.3) is 0 Å². The topological polar surface area (TPSA) is 124 Å². The second kappa shape index (κ2) is 8.49. The van der Waals surface area contributed by atoms with Gasteiger partial charge in [-0.25, -0.2) is 8.42 Å². The molecular formula is C14H20N2O6S. The second-order valence-electron chi connectivity index (χ2n) is 4.88. The number of carbonyl (C=O) groups is 2. The van der Waals surface area contributed by atoms with Gasteiger partial charge in [-0.2, -0.15) is 0 Å². The number of hydrazine groups is 1. The van der Waals surface area contributed by atoms with Crippen LogP contribution in [0.25, 0.3) is 0 Å². The minimum Gasteiger partial charge on any atom is -0.481 e. The molecule has 0 saturated carbocycles. The van der Waals surface area contributed by atoms with Crippen molar-refractivity contribution in [3.8, 4) is 0 Å². The lowest BCUT2D eigenvalue weighted by atomic mass is 10.1. The molecule has 8 nitrogen and oxygen atoms in total. The molecule has 0 aromatic heterocycles. The molecule has 1 aromatic carbocycles. The number of rotatable bonds is 10. The molecule has 128 valence electrons. The van der Waals surface area contributed by atoms with Crippen LogP contribution in [0.1, 0.15) is 26.2 Å². The summed E-state index contributed by atoms with van der Waals surface area (Å²) in [5, 5.41) is 18.1. The van der Waals surface area contributed by atoms with Crippen molar-refractivity contribution in [3.05, 3.63) is 30.3 Å². The molecule has 1 aromatic rings. The molecule has 0 aliphatic carbocycles. The summed E-state index contributed by atoms with van der Waals surface area (Å²) in [5.41, 5.74) is 2.98. The van der Waals surface area contributed by atoms with Gasteiger partial charge in [0.2, 0.25) is 10.0 Å². The summed E-state index contributed by atoms with van der Waals surface area (Å²) in [7, 11) is -3.91. The zero-order chi connectivity index (χ0) is 17.5. The molecular weight excluding hydrogens is 324 g/mol. The van der Waals surface area contributed by atoms with Crippen molar-refractivity contribution in [1.82, 2.24) is 4.41 Å². The number of hydrogen-bond donors (Lipinski definition) is 3. The first kappa shape index (κ1) is 18.9. The Labute approximate surface area is 134 Å². The van der Waals surface area contributed by atoms with E-state index in [4.69, 9.17) is 5.11 Å². The van der Waals surface area contributed by atoms with E-state index in [0.717, 1.165) is 0 Å². The summed E-state index contributed by atoms with van der Waals surface area (Å²) in [6, 6.07) is 6.73. The minimum atomic E-state index is -3.91. The van der Waals surface area contributed by atoms with Gasteiger partial charge in [0, 0.05) is 6.42 Å². The molecule has 1 unspecified atom stereocenters. The molecule has 0 bridgehead atoms. The lowest BCUT2D eigenvalue weighted by molar-refractivity contribution is -0.142. The van der Waals surface area contributed by atoms with E-state index in [-0.39, 0.29) is 12.2 Å². The average Bonchev–Trinajstić information content (AvgIpc) is 2.46. The number of aliphatic carboxylic acids is 2. The van der Waals surface area contributed by atoms with E-state index >= 15 is 0 Å². The molecule has 0 spiro atoms. The molecule has 0 amide bonds. The third-order valence-electron chi connectivity index (χ3n) is 2.97. The minimum absolute atomic E-state index is 0.246. The third kappa shape index (κ3) is 5.87. The third-order valence-corrected chi connectivity index (χ3v) is 4.84. The highest BCUT2D eigenvalue weighted by Gasteiger charge is 2.35. The molecule has 0 heterocycles. The van der Waals surface area contributed by atoms with Gasteiger partial charge in [0.05, 0.1) is 11.4 Å².